The molecule has 1 saturated heterocycles. The minimum atomic E-state index is -0.0602. The van der Waals surface area contributed by atoms with Crippen LogP contribution in [-0.2, 0) is 4.79 Å². The van der Waals surface area contributed by atoms with Crippen LogP contribution in [0.4, 0.5) is 0 Å². The minimum Gasteiger partial charge on any atom is -0.489 e. The Labute approximate surface area is 158 Å². The van der Waals surface area contributed by atoms with Crippen LogP contribution in [0.5, 0.6) is 5.75 Å². The van der Waals surface area contributed by atoms with Gasteiger partial charge in [-0.25, -0.2) is 0 Å². The number of hydrogen-bond acceptors (Lipinski definition) is 3. The summed E-state index contributed by atoms with van der Waals surface area (Å²) >= 11 is 5.91. The third-order valence-electron chi connectivity index (χ3n) is 4.49. The highest BCUT2D eigenvalue weighted by atomic mass is 35.5. The van der Waals surface area contributed by atoms with Crippen LogP contribution in [0, 0.1) is 0 Å². The second-order valence-electron chi connectivity index (χ2n) is 6.47. The van der Waals surface area contributed by atoms with Crippen molar-refractivity contribution in [2.24, 2.45) is 0 Å². The van der Waals surface area contributed by atoms with Crippen LogP contribution in [0.1, 0.15) is 36.0 Å². The first-order valence-corrected chi connectivity index (χ1v) is 9.28. The summed E-state index contributed by atoms with van der Waals surface area (Å²) in [5, 5.41) is 0.527. The zero-order valence-electron chi connectivity index (χ0n) is 14.6. The molecule has 0 spiro atoms. The van der Waals surface area contributed by atoms with Gasteiger partial charge in [0.05, 0.1) is 6.54 Å². The van der Waals surface area contributed by atoms with Gasteiger partial charge in [-0.1, -0.05) is 41.9 Å². The van der Waals surface area contributed by atoms with Gasteiger partial charge in [0.15, 0.2) is 5.78 Å². The molecular weight excluding hydrogens is 350 g/mol. The van der Waals surface area contributed by atoms with Crippen molar-refractivity contribution < 1.29 is 14.3 Å². The van der Waals surface area contributed by atoms with E-state index in [2.05, 4.69) is 0 Å². The largest absolute Gasteiger partial charge is 0.489 e. The summed E-state index contributed by atoms with van der Waals surface area (Å²) in [5.41, 5.74) is 0.550. The van der Waals surface area contributed by atoms with Gasteiger partial charge in [0.25, 0.3) is 0 Å². The number of para-hydroxylation sites is 1. The molecule has 4 nitrogen and oxygen atoms in total. The quantitative estimate of drug-likeness (QED) is 0.708. The van der Waals surface area contributed by atoms with E-state index in [1.807, 2.05) is 35.2 Å². The topological polar surface area (TPSA) is 46.6 Å². The molecule has 136 valence electrons. The standard InChI is InChI=1S/C21H22ClNO3/c22-17-7-4-6-16(14-17)20(24)11-12-21(25)23-13-5-10-19(15-23)26-18-8-2-1-3-9-18/h1-4,6-9,14,19H,5,10-13,15H2. The van der Waals surface area contributed by atoms with E-state index < -0.39 is 0 Å². The van der Waals surface area contributed by atoms with E-state index in [1.165, 1.54) is 0 Å². The summed E-state index contributed by atoms with van der Waals surface area (Å²) in [5.74, 6) is 0.764. The normalized spacial score (nSPS) is 17.0. The predicted octanol–water partition coefficient (Wildman–Crippen LogP) is 4.37. The number of nitrogens with zero attached hydrogens (tertiary/aromatic N) is 1. The van der Waals surface area contributed by atoms with Crippen LogP contribution in [0.15, 0.2) is 54.6 Å². The van der Waals surface area contributed by atoms with Crippen LogP contribution >= 0.6 is 11.6 Å². The SMILES string of the molecule is O=C(CCC(=O)N1CCCC(Oc2ccccc2)C1)c1cccc(Cl)c1. The van der Waals surface area contributed by atoms with E-state index in [0.717, 1.165) is 25.1 Å². The molecule has 0 radical (unpaired) electrons. The zero-order chi connectivity index (χ0) is 18.4. The summed E-state index contributed by atoms with van der Waals surface area (Å²) in [6.45, 7) is 1.29. The lowest BCUT2D eigenvalue weighted by Crippen LogP contribution is -2.44. The Morgan fingerprint density at radius 1 is 1.08 bits per heavy atom. The molecule has 0 aliphatic carbocycles. The lowest BCUT2D eigenvalue weighted by molar-refractivity contribution is -0.133. The van der Waals surface area contributed by atoms with Gasteiger partial charge < -0.3 is 9.64 Å². The van der Waals surface area contributed by atoms with Gasteiger partial charge >= 0.3 is 0 Å². The number of piperidine rings is 1. The molecule has 0 saturated carbocycles. The molecule has 0 N–H and O–H groups in total. The van der Waals surface area contributed by atoms with Crippen LogP contribution in [0.25, 0.3) is 0 Å². The molecular formula is C21H22ClNO3. The molecule has 0 bridgehead atoms. The van der Waals surface area contributed by atoms with E-state index in [9.17, 15) is 9.59 Å². The number of benzene rings is 2. The van der Waals surface area contributed by atoms with E-state index in [-0.39, 0.29) is 30.6 Å². The molecule has 2 aromatic rings. The minimum absolute atomic E-state index is 0.00117. The number of carbonyl (C=O) groups is 2. The molecule has 1 amide bonds. The number of hydrogen-bond donors (Lipinski definition) is 0. The molecule has 1 unspecified atom stereocenters. The van der Waals surface area contributed by atoms with Crippen molar-refractivity contribution >= 4 is 23.3 Å². The summed E-state index contributed by atoms with van der Waals surface area (Å²) < 4.78 is 5.97. The molecule has 1 aliphatic rings. The second-order valence-corrected chi connectivity index (χ2v) is 6.90. The Morgan fingerprint density at radius 3 is 2.65 bits per heavy atom. The molecule has 26 heavy (non-hydrogen) atoms. The molecule has 3 rings (SSSR count). The van der Waals surface area contributed by atoms with E-state index in [0.29, 0.717) is 17.1 Å². The van der Waals surface area contributed by atoms with Crippen molar-refractivity contribution in [3.8, 4) is 5.75 Å². The number of ketones is 1. The first-order chi connectivity index (χ1) is 12.6. The number of Topliss-reactive ketones (excluding diaryl/α,β-unsaturated/α-hetero) is 1. The van der Waals surface area contributed by atoms with Crippen molar-refractivity contribution in [1.82, 2.24) is 4.90 Å². The highest BCUT2D eigenvalue weighted by Crippen LogP contribution is 2.19. The zero-order valence-corrected chi connectivity index (χ0v) is 15.3. The van der Waals surface area contributed by atoms with Crippen molar-refractivity contribution in [2.45, 2.75) is 31.8 Å². The number of likely N-dealkylation sites (tertiary alicyclic amines) is 1. The predicted molar refractivity (Wildman–Crippen MR) is 102 cm³/mol. The van der Waals surface area contributed by atoms with Crippen molar-refractivity contribution in [3.63, 3.8) is 0 Å². The Balaban J connectivity index is 1.50. The summed E-state index contributed by atoms with van der Waals surface area (Å²) in [6, 6.07) is 16.5. The van der Waals surface area contributed by atoms with E-state index in [1.54, 1.807) is 24.3 Å². The fourth-order valence-corrected chi connectivity index (χ4v) is 3.33. The van der Waals surface area contributed by atoms with Crippen molar-refractivity contribution in [3.05, 3.63) is 65.2 Å². The fraction of sp³-hybridized carbons (Fsp3) is 0.333. The average molecular weight is 372 g/mol. The first kappa shape index (κ1) is 18.5. The Hall–Kier alpha value is -2.33. The maximum absolute atomic E-state index is 12.5. The number of rotatable bonds is 6. The Bertz CT molecular complexity index is 763. The molecule has 1 heterocycles. The molecule has 1 aliphatic heterocycles. The molecule has 1 atom stereocenters. The van der Waals surface area contributed by atoms with Gasteiger partial charge in [0.1, 0.15) is 11.9 Å². The number of halogens is 1. The maximum atomic E-state index is 12.5. The highest BCUT2D eigenvalue weighted by molar-refractivity contribution is 6.31. The van der Waals surface area contributed by atoms with Crippen molar-refractivity contribution in [2.75, 3.05) is 13.1 Å². The molecule has 1 fully saturated rings. The van der Waals surface area contributed by atoms with Gasteiger partial charge in [-0.15, -0.1) is 0 Å². The summed E-state index contributed by atoms with van der Waals surface area (Å²) in [6.07, 6.45) is 2.24. The Kier molecular flexibility index (Phi) is 6.29. The molecule has 0 aromatic heterocycles. The third-order valence-corrected chi connectivity index (χ3v) is 4.72. The molecule has 2 aromatic carbocycles. The number of carbonyl (C=O) groups excluding carboxylic acids is 2. The smallest absolute Gasteiger partial charge is 0.223 e. The van der Waals surface area contributed by atoms with Crippen LogP contribution in [-0.4, -0.2) is 35.8 Å². The average Bonchev–Trinajstić information content (AvgIpc) is 2.67. The summed E-state index contributed by atoms with van der Waals surface area (Å²) in [7, 11) is 0. The Morgan fingerprint density at radius 2 is 1.88 bits per heavy atom. The molecule has 5 heteroatoms. The maximum Gasteiger partial charge on any atom is 0.223 e. The van der Waals surface area contributed by atoms with Crippen LogP contribution < -0.4 is 4.74 Å². The van der Waals surface area contributed by atoms with Crippen molar-refractivity contribution in [1.29, 1.82) is 0 Å². The number of amides is 1. The lowest BCUT2D eigenvalue weighted by Gasteiger charge is -2.33. The highest BCUT2D eigenvalue weighted by Gasteiger charge is 2.25. The van der Waals surface area contributed by atoms with Gasteiger partial charge in [-0.3, -0.25) is 9.59 Å². The second kappa shape index (κ2) is 8.86. The van der Waals surface area contributed by atoms with Gasteiger partial charge in [0.2, 0.25) is 5.91 Å². The van der Waals surface area contributed by atoms with Gasteiger partial charge in [-0.05, 0) is 37.1 Å². The van der Waals surface area contributed by atoms with Crippen LogP contribution in [0.3, 0.4) is 0 Å². The first-order valence-electron chi connectivity index (χ1n) is 8.90. The van der Waals surface area contributed by atoms with Crippen LogP contribution in [0.2, 0.25) is 5.02 Å². The van der Waals surface area contributed by atoms with Gasteiger partial charge in [-0.2, -0.15) is 0 Å². The lowest BCUT2D eigenvalue weighted by atomic mass is 10.0. The summed E-state index contributed by atoms with van der Waals surface area (Å²) in [4.78, 5) is 26.5. The van der Waals surface area contributed by atoms with E-state index in [4.69, 9.17) is 16.3 Å². The fourth-order valence-electron chi connectivity index (χ4n) is 3.14. The third kappa shape index (κ3) is 5.09. The monoisotopic (exact) mass is 371 g/mol. The van der Waals surface area contributed by atoms with Gasteiger partial charge in [0, 0.05) is 30.0 Å². The van der Waals surface area contributed by atoms with E-state index >= 15 is 0 Å². The number of ether oxygens (including phenoxy) is 1.